The second-order valence-electron chi connectivity index (χ2n) is 5.22. The Hall–Kier alpha value is -3.28. The summed E-state index contributed by atoms with van der Waals surface area (Å²) in [6.45, 7) is 0. The van der Waals surface area contributed by atoms with E-state index in [1.807, 2.05) is 24.3 Å². The van der Waals surface area contributed by atoms with Crippen LogP contribution in [0.4, 0.5) is 0 Å². The molecule has 0 saturated carbocycles. The summed E-state index contributed by atoms with van der Waals surface area (Å²) >= 11 is 0. The number of rotatable bonds is 5. The molecule has 128 valence electrons. The van der Waals surface area contributed by atoms with Crippen molar-refractivity contribution in [2.45, 2.75) is 0 Å². The summed E-state index contributed by atoms with van der Waals surface area (Å²) in [5.74, 6) is 1.38. The Morgan fingerprint density at radius 3 is 2.28 bits per heavy atom. The van der Waals surface area contributed by atoms with Gasteiger partial charge in [-0.15, -0.1) is 0 Å². The molecular weight excluding hydrogens is 322 g/mol. The largest absolute Gasteiger partial charge is 0.497 e. The van der Waals surface area contributed by atoms with Crippen LogP contribution in [-0.2, 0) is 9.63 Å². The van der Waals surface area contributed by atoms with Crippen molar-refractivity contribution in [3.05, 3.63) is 59.2 Å². The summed E-state index contributed by atoms with van der Waals surface area (Å²) in [6, 6.07) is 12.6. The van der Waals surface area contributed by atoms with Gasteiger partial charge in [-0.1, -0.05) is 17.3 Å². The molecule has 6 nitrogen and oxygen atoms in total. The van der Waals surface area contributed by atoms with Crippen LogP contribution in [0.25, 0.3) is 6.08 Å². The van der Waals surface area contributed by atoms with Crippen LogP contribution in [0.15, 0.2) is 53.2 Å². The monoisotopic (exact) mass is 339 g/mol. The van der Waals surface area contributed by atoms with Crippen molar-refractivity contribution in [3.8, 4) is 17.2 Å². The molecule has 0 aromatic heterocycles. The molecule has 1 aliphatic heterocycles. The molecule has 0 fully saturated rings. The first-order chi connectivity index (χ1) is 12.2. The summed E-state index contributed by atoms with van der Waals surface area (Å²) in [7, 11) is 4.71. The minimum absolute atomic E-state index is 0.373. The predicted molar refractivity (Wildman–Crippen MR) is 93.1 cm³/mol. The van der Waals surface area contributed by atoms with Crippen LogP contribution in [0.2, 0.25) is 0 Å². The predicted octanol–water partition coefficient (Wildman–Crippen LogP) is 3.06. The van der Waals surface area contributed by atoms with E-state index in [0.717, 1.165) is 11.3 Å². The second kappa shape index (κ2) is 7.09. The average Bonchev–Trinajstić information content (AvgIpc) is 3.02. The Kier molecular flexibility index (Phi) is 4.70. The number of oxime groups is 1. The summed E-state index contributed by atoms with van der Waals surface area (Å²) in [5, 5.41) is 3.91. The highest BCUT2D eigenvalue weighted by Gasteiger charge is 2.27. The first-order valence-electron chi connectivity index (χ1n) is 7.54. The zero-order chi connectivity index (χ0) is 17.8. The summed E-state index contributed by atoms with van der Waals surface area (Å²) in [5.41, 5.74) is 2.35. The number of nitrogens with zero attached hydrogens (tertiary/aromatic N) is 1. The van der Waals surface area contributed by atoms with Gasteiger partial charge < -0.3 is 19.0 Å². The second-order valence-corrected chi connectivity index (χ2v) is 5.22. The van der Waals surface area contributed by atoms with E-state index >= 15 is 0 Å². The van der Waals surface area contributed by atoms with Gasteiger partial charge in [0.1, 0.15) is 11.5 Å². The van der Waals surface area contributed by atoms with Crippen molar-refractivity contribution in [2.24, 2.45) is 5.16 Å². The van der Waals surface area contributed by atoms with Crippen LogP contribution in [0.5, 0.6) is 17.2 Å². The Morgan fingerprint density at radius 2 is 1.64 bits per heavy atom. The lowest BCUT2D eigenvalue weighted by Crippen LogP contribution is -2.07. The van der Waals surface area contributed by atoms with E-state index in [2.05, 4.69) is 5.16 Å². The number of ether oxygens (including phenoxy) is 3. The Morgan fingerprint density at radius 1 is 0.920 bits per heavy atom. The van der Waals surface area contributed by atoms with Crippen molar-refractivity contribution in [1.82, 2.24) is 0 Å². The smallest absolute Gasteiger partial charge is 0.368 e. The van der Waals surface area contributed by atoms with E-state index in [0.29, 0.717) is 28.3 Å². The zero-order valence-electron chi connectivity index (χ0n) is 14.1. The maximum Gasteiger partial charge on any atom is 0.368 e. The molecule has 0 unspecified atom stereocenters. The molecule has 2 aromatic rings. The van der Waals surface area contributed by atoms with Crippen molar-refractivity contribution < 1.29 is 23.8 Å². The molecule has 0 saturated heterocycles. The fraction of sp³-hybridized carbons (Fsp3) is 0.158. The van der Waals surface area contributed by atoms with E-state index < -0.39 is 5.97 Å². The normalized spacial score (nSPS) is 14.9. The van der Waals surface area contributed by atoms with Gasteiger partial charge in [-0.2, -0.15) is 0 Å². The highest BCUT2D eigenvalue weighted by Crippen LogP contribution is 2.30. The maximum atomic E-state index is 12.1. The van der Waals surface area contributed by atoms with Crippen LogP contribution in [0.3, 0.4) is 0 Å². The third kappa shape index (κ3) is 3.33. The Bertz CT molecular complexity index is 853. The number of benzene rings is 2. The third-order valence-corrected chi connectivity index (χ3v) is 3.78. The van der Waals surface area contributed by atoms with Gasteiger partial charge in [-0.3, -0.25) is 0 Å². The van der Waals surface area contributed by atoms with Gasteiger partial charge in [0.15, 0.2) is 11.5 Å². The molecule has 6 heteroatoms. The molecule has 25 heavy (non-hydrogen) atoms. The first kappa shape index (κ1) is 16.6. The molecule has 0 atom stereocenters. The summed E-state index contributed by atoms with van der Waals surface area (Å²) < 4.78 is 15.7. The molecule has 0 spiro atoms. The average molecular weight is 339 g/mol. The van der Waals surface area contributed by atoms with Gasteiger partial charge in [0.05, 0.1) is 26.9 Å². The van der Waals surface area contributed by atoms with E-state index in [-0.39, 0.29) is 0 Å². The standard InChI is InChI=1S/C19H17NO5/c1-22-14-7-4-12(5-8-14)10-15-18(20-25-19(15)21)13-6-9-16(23-2)17(11-13)24-3/h4-11H,1-3H3. The van der Waals surface area contributed by atoms with Gasteiger partial charge in [-0.05, 0) is 42.0 Å². The molecule has 0 N–H and O–H groups in total. The van der Waals surface area contributed by atoms with Crippen LogP contribution < -0.4 is 14.2 Å². The number of carbonyl (C=O) groups excluding carboxylic acids is 1. The van der Waals surface area contributed by atoms with Crippen molar-refractivity contribution in [3.63, 3.8) is 0 Å². The van der Waals surface area contributed by atoms with Crippen LogP contribution in [0.1, 0.15) is 11.1 Å². The van der Waals surface area contributed by atoms with E-state index in [1.165, 1.54) is 0 Å². The molecule has 1 aliphatic rings. The molecular formula is C19H17NO5. The van der Waals surface area contributed by atoms with Gasteiger partial charge in [0, 0.05) is 5.56 Å². The minimum Gasteiger partial charge on any atom is -0.497 e. The zero-order valence-corrected chi connectivity index (χ0v) is 14.1. The fourth-order valence-electron chi connectivity index (χ4n) is 2.47. The molecule has 0 amide bonds. The van der Waals surface area contributed by atoms with Gasteiger partial charge >= 0.3 is 5.97 Å². The summed E-state index contributed by atoms with van der Waals surface area (Å²) in [6.07, 6.45) is 1.73. The Labute approximate surface area is 145 Å². The lowest BCUT2D eigenvalue weighted by molar-refractivity contribution is -0.136. The molecule has 0 aliphatic carbocycles. The van der Waals surface area contributed by atoms with E-state index in [4.69, 9.17) is 19.0 Å². The van der Waals surface area contributed by atoms with E-state index in [1.54, 1.807) is 45.6 Å². The summed E-state index contributed by atoms with van der Waals surface area (Å²) in [4.78, 5) is 16.9. The number of methoxy groups -OCH3 is 3. The molecule has 2 aromatic carbocycles. The quantitative estimate of drug-likeness (QED) is 0.619. The number of carbonyl (C=O) groups is 1. The maximum absolute atomic E-state index is 12.1. The molecule has 0 radical (unpaired) electrons. The molecule has 3 rings (SSSR count). The molecule has 0 bridgehead atoms. The number of hydrogen-bond donors (Lipinski definition) is 0. The lowest BCUT2D eigenvalue weighted by Gasteiger charge is -2.09. The van der Waals surface area contributed by atoms with Gasteiger partial charge in [-0.25, -0.2) is 4.79 Å². The van der Waals surface area contributed by atoms with Crippen molar-refractivity contribution in [2.75, 3.05) is 21.3 Å². The fourth-order valence-corrected chi connectivity index (χ4v) is 2.47. The van der Waals surface area contributed by atoms with E-state index in [9.17, 15) is 4.79 Å². The first-order valence-corrected chi connectivity index (χ1v) is 7.54. The topological polar surface area (TPSA) is 66.4 Å². The van der Waals surface area contributed by atoms with Gasteiger partial charge in [0.25, 0.3) is 0 Å². The molecule has 1 heterocycles. The van der Waals surface area contributed by atoms with Crippen LogP contribution in [0, 0.1) is 0 Å². The number of hydrogen-bond acceptors (Lipinski definition) is 6. The lowest BCUT2D eigenvalue weighted by atomic mass is 10.00. The van der Waals surface area contributed by atoms with Crippen molar-refractivity contribution >= 4 is 17.8 Å². The highest BCUT2D eigenvalue weighted by atomic mass is 16.7. The van der Waals surface area contributed by atoms with Gasteiger partial charge in [0.2, 0.25) is 0 Å². The Balaban J connectivity index is 1.97. The SMILES string of the molecule is COc1ccc(C=C2C(=O)ON=C2c2ccc(OC)c(OC)c2)cc1. The van der Waals surface area contributed by atoms with Crippen LogP contribution in [-0.4, -0.2) is 33.0 Å². The third-order valence-electron chi connectivity index (χ3n) is 3.78. The minimum atomic E-state index is -0.499. The highest BCUT2D eigenvalue weighted by molar-refractivity contribution is 6.31. The van der Waals surface area contributed by atoms with Crippen molar-refractivity contribution in [1.29, 1.82) is 0 Å². The van der Waals surface area contributed by atoms with Crippen LogP contribution >= 0.6 is 0 Å².